The Hall–Kier alpha value is -2.88. The predicted molar refractivity (Wildman–Crippen MR) is 86.8 cm³/mol. The third kappa shape index (κ3) is 3.06. The molecule has 0 aliphatic rings. The maximum Gasteiger partial charge on any atom is 0.142 e. The maximum absolute atomic E-state index is 9.23. The second-order valence-corrected chi connectivity index (χ2v) is 4.99. The molecule has 0 aliphatic heterocycles. The summed E-state index contributed by atoms with van der Waals surface area (Å²) in [4.78, 5) is 9.55. The fraction of sp³-hybridized carbons (Fsp3) is 0.111. The predicted octanol–water partition coefficient (Wildman–Crippen LogP) is 3.88. The van der Waals surface area contributed by atoms with Crippen molar-refractivity contribution >= 4 is 16.5 Å². The van der Waals surface area contributed by atoms with Crippen LogP contribution in [0, 0.1) is 0 Å². The van der Waals surface area contributed by atoms with Crippen molar-refractivity contribution in [2.24, 2.45) is 5.16 Å². The number of aromatic hydroxyl groups is 1. The van der Waals surface area contributed by atoms with Crippen LogP contribution in [0.5, 0.6) is 5.75 Å². The van der Waals surface area contributed by atoms with Crippen molar-refractivity contribution < 1.29 is 9.94 Å². The average molecular weight is 292 g/mol. The first-order chi connectivity index (χ1) is 10.7. The molecule has 0 unspecified atom stereocenters. The highest BCUT2D eigenvalue weighted by Crippen LogP contribution is 2.19. The molecule has 0 atom stereocenters. The molecule has 4 heteroatoms. The van der Waals surface area contributed by atoms with E-state index in [1.54, 1.807) is 12.1 Å². The molecule has 2 aromatic carbocycles. The third-order valence-corrected chi connectivity index (χ3v) is 3.42. The summed E-state index contributed by atoms with van der Waals surface area (Å²) in [7, 11) is 0. The summed E-state index contributed by atoms with van der Waals surface area (Å²) in [5, 5.41) is 15.7. The molecule has 0 aliphatic carbocycles. The minimum Gasteiger partial charge on any atom is -0.506 e. The summed E-state index contributed by atoms with van der Waals surface area (Å²) in [5.74, 6) is 0.133. The number of hydrogen-bond donors (Lipinski definition) is 1. The molecule has 3 rings (SSSR count). The fourth-order valence-corrected chi connectivity index (χ4v) is 2.26. The quantitative estimate of drug-likeness (QED) is 0.586. The van der Waals surface area contributed by atoms with Crippen LogP contribution in [-0.4, -0.2) is 15.8 Å². The van der Waals surface area contributed by atoms with Crippen molar-refractivity contribution in [3.63, 3.8) is 0 Å². The molecule has 3 aromatic rings. The second-order valence-electron chi connectivity index (χ2n) is 4.99. The van der Waals surface area contributed by atoms with E-state index in [2.05, 4.69) is 28.3 Å². The SMILES string of the molecule is CC(=NOCc1cccc2ccccc12)c1ccc(O)cn1. The van der Waals surface area contributed by atoms with Gasteiger partial charge in [0, 0.05) is 0 Å². The van der Waals surface area contributed by atoms with Gasteiger partial charge in [-0.1, -0.05) is 47.6 Å². The lowest BCUT2D eigenvalue weighted by Crippen LogP contribution is -1.99. The van der Waals surface area contributed by atoms with Gasteiger partial charge in [0.25, 0.3) is 0 Å². The van der Waals surface area contributed by atoms with Gasteiger partial charge in [-0.15, -0.1) is 0 Å². The summed E-state index contributed by atoms with van der Waals surface area (Å²) in [6, 6.07) is 17.6. The first-order valence-corrected chi connectivity index (χ1v) is 7.02. The molecule has 0 bridgehead atoms. The summed E-state index contributed by atoms with van der Waals surface area (Å²) in [6.07, 6.45) is 1.39. The standard InChI is InChI=1S/C18H16N2O2/c1-13(18-10-9-16(21)11-19-18)20-22-12-15-7-4-6-14-5-2-3-8-17(14)15/h2-11,21H,12H2,1H3. The van der Waals surface area contributed by atoms with Crippen LogP contribution in [0.2, 0.25) is 0 Å². The first kappa shape index (κ1) is 14.1. The Labute approximate surface area is 128 Å². The van der Waals surface area contributed by atoms with Gasteiger partial charge in [0.1, 0.15) is 18.1 Å². The van der Waals surface area contributed by atoms with Crippen LogP contribution in [-0.2, 0) is 11.4 Å². The monoisotopic (exact) mass is 292 g/mol. The van der Waals surface area contributed by atoms with Gasteiger partial charge in [0.15, 0.2) is 0 Å². The van der Waals surface area contributed by atoms with Gasteiger partial charge in [-0.05, 0) is 35.4 Å². The van der Waals surface area contributed by atoms with Gasteiger partial charge < -0.3 is 9.94 Å². The molecule has 4 nitrogen and oxygen atoms in total. The molecular weight excluding hydrogens is 276 g/mol. The highest BCUT2D eigenvalue weighted by Gasteiger charge is 2.02. The molecule has 22 heavy (non-hydrogen) atoms. The van der Waals surface area contributed by atoms with E-state index in [-0.39, 0.29) is 5.75 Å². The zero-order valence-corrected chi connectivity index (χ0v) is 12.2. The summed E-state index contributed by atoms with van der Waals surface area (Å²) < 4.78 is 0. The Balaban J connectivity index is 1.74. The Kier molecular flexibility index (Phi) is 4.01. The van der Waals surface area contributed by atoms with Gasteiger partial charge in [0.05, 0.1) is 11.9 Å². The highest BCUT2D eigenvalue weighted by atomic mass is 16.6. The van der Waals surface area contributed by atoms with Crippen LogP contribution in [0.3, 0.4) is 0 Å². The fourth-order valence-electron chi connectivity index (χ4n) is 2.26. The zero-order chi connectivity index (χ0) is 15.4. The molecule has 0 amide bonds. The van der Waals surface area contributed by atoms with E-state index in [9.17, 15) is 5.11 Å². The number of fused-ring (bicyclic) bond motifs is 1. The normalized spacial score (nSPS) is 11.6. The van der Waals surface area contributed by atoms with E-state index in [0.29, 0.717) is 18.0 Å². The lowest BCUT2D eigenvalue weighted by molar-refractivity contribution is 0.131. The lowest BCUT2D eigenvalue weighted by Gasteiger charge is -2.06. The average Bonchev–Trinajstić information content (AvgIpc) is 2.55. The molecule has 0 fully saturated rings. The highest BCUT2D eigenvalue weighted by molar-refractivity contribution is 5.96. The Morgan fingerprint density at radius 1 is 1.09 bits per heavy atom. The van der Waals surface area contributed by atoms with Crippen LogP contribution in [0.25, 0.3) is 10.8 Å². The Bertz CT molecular complexity index is 805. The van der Waals surface area contributed by atoms with Crippen molar-refractivity contribution in [3.05, 3.63) is 72.1 Å². The van der Waals surface area contributed by atoms with Crippen molar-refractivity contribution in [2.75, 3.05) is 0 Å². The number of hydrogen-bond acceptors (Lipinski definition) is 4. The van der Waals surface area contributed by atoms with Crippen molar-refractivity contribution in [2.45, 2.75) is 13.5 Å². The molecule has 1 heterocycles. The number of benzene rings is 2. The van der Waals surface area contributed by atoms with Crippen LogP contribution in [0.4, 0.5) is 0 Å². The second kappa shape index (κ2) is 6.26. The number of rotatable bonds is 4. The summed E-state index contributed by atoms with van der Waals surface area (Å²) >= 11 is 0. The van der Waals surface area contributed by atoms with Crippen LogP contribution < -0.4 is 0 Å². The molecule has 1 N–H and O–H groups in total. The zero-order valence-electron chi connectivity index (χ0n) is 12.2. The molecular formula is C18H16N2O2. The van der Waals surface area contributed by atoms with Crippen molar-refractivity contribution in [3.8, 4) is 5.75 Å². The molecule has 110 valence electrons. The maximum atomic E-state index is 9.23. The molecule has 0 saturated heterocycles. The van der Waals surface area contributed by atoms with E-state index in [1.165, 1.54) is 17.0 Å². The minimum absolute atomic E-state index is 0.133. The minimum atomic E-state index is 0.133. The number of nitrogens with zero attached hydrogens (tertiary/aromatic N) is 2. The van der Waals surface area contributed by atoms with E-state index in [0.717, 1.165) is 5.56 Å². The molecule has 0 spiro atoms. The molecule has 0 radical (unpaired) electrons. The van der Waals surface area contributed by atoms with Gasteiger partial charge in [0.2, 0.25) is 0 Å². The number of oxime groups is 1. The Morgan fingerprint density at radius 2 is 1.91 bits per heavy atom. The summed E-state index contributed by atoms with van der Waals surface area (Å²) in [6.45, 7) is 2.22. The van der Waals surface area contributed by atoms with Gasteiger partial charge in [-0.25, -0.2) is 0 Å². The van der Waals surface area contributed by atoms with E-state index in [4.69, 9.17) is 4.84 Å². The third-order valence-electron chi connectivity index (χ3n) is 3.42. The smallest absolute Gasteiger partial charge is 0.142 e. The topological polar surface area (TPSA) is 54.7 Å². The first-order valence-electron chi connectivity index (χ1n) is 7.02. The van der Waals surface area contributed by atoms with Crippen LogP contribution in [0.15, 0.2) is 65.9 Å². The van der Waals surface area contributed by atoms with Crippen molar-refractivity contribution in [1.29, 1.82) is 0 Å². The molecule has 0 saturated carbocycles. The van der Waals surface area contributed by atoms with Crippen LogP contribution >= 0.6 is 0 Å². The number of pyridine rings is 1. The molecule has 1 aromatic heterocycles. The van der Waals surface area contributed by atoms with Crippen LogP contribution in [0.1, 0.15) is 18.2 Å². The van der Waals surface area contributed by atoms with Gasteiger partial charge in [-0.2, -0.15) is 0 Å². The van der Waals surface area contributed by atoms with Gasteiger partial charge in [-0.3, -0.25) is 4.98 Å². The van der Waals surface area contributed by atoms with E-state index >= 15 is 0 Å². The van der Waals surface area contributed by atoms with E-state index < -0.39 is 0 Å². The van der Waals surface area contributed by atoms with Gasteiger partial charge >= 0.3 is 0 Å². The van der Waals surface area contributed by atoms with Crippen molar-refractivity contribution in [1.82, 2.24) is 4.98 Å². The van der Waals surface area contributed by atoms with E-state index in [1.807, 2.05) is 31.2 Å². The number of aromatic nitrogens is 1. The lowest BCUT2D eigenvalue weighted by atomic mass is 10.1. The Morgan fingerprint density at radius 3 is 2.73 bits per heavy atom. The largest absolute Gasteiger partial charge is 0.506 e. The summed E-state index contributed by atoms with van der Waals surface area (Å²) in [5.41, 5.74) is 2.43.